The molecule has 2 aromatic rings. The molecule has 0 fully saturated rings. The van der Waals surface area contributed by atoms with Gasteiger partial charge in [0.2, 0.25) is 0 Å². The van der Waals surface area contributed by atoms with Gasteiger partial charge >= 0.3 is 7.60 Å². The van der Waals surface area contributed by atoms with Crippen molar-refractivity contribution < 1.29 is 33.9 Å². The highest BCUT2D eigenvalue weighted by Gasteiger charge is 2.22. The van der Waals surface area contributed by atoms with Crippen LogP contribution in [0.5, 0.6) is 11.5 Å². The summed E-state index contributed by atoms with van der Waals surface area (Å²) in [5.74, 6) is 0.448. The van der Waals surface area contributed by atoms with Crippen molar-refractivity contribution in [1.29, 1.82) is 0 Å². The first-order valence-electron chi connectivity index (χ1n) is 9.26. The highest BCUT2D eigenvalue weighted by atomic mass is 31.2. The molecule has 0 saturated carbocycles. The Morgan fingerprint density at radius 1 is 1.19 bits per heavy atom. The van der Waals surface area contributed by atoms with E-state index >= 15 is 0 Å². The van der Waals surface area contributed by atoms with E-state index in [1.165, 1.54) is 18.2 Å². The molecule has 0 aromatic heterocycles. The van der Waals surface area contributed by atoms with Crippen LogP contribution < -0.4 is 20.5 Å². The molecule has 0 heterocycles. The van der Waals surface area contributed by atoms with Gasteiger partial charge in [0, 0.05) is 18.2 Å². The van der Waals surface area contributed by atoms with Crippen molar-refractivity contribution in [3.63, 3.8) is 0 Å². The lowest BCUT2D eigenvalue weighted by molar-refractivity contribution is -0.384. The number of benzene rings is 2. The van der Waals surface area contributed by atoms with Gasteiger partial charge in [0.1, 0.15) is 24.2 Å². The average molecular weight is 455 g/mol. The quantitative estimate of drug-likeness (QED) is 0.146. The first-order valence-corrected chi connectivity index (χ1v) is 11.1. The minimum absolute atomic E-state index is 0.103. The number of anilines is 1. The third-order valence-electron chi connectivity index (χ3n) is 4.43. The zero-order valence-electron chi connectivity index (χ0n) is 17.1. The fourth-order valence-corrected chi connectivity index (χ4v) is 2.98. The van der Waals surface area contributed by atoms with Gasteiger partial charge in [-0.15, -0.1) is 0 Å². The van der Waals surface area contributed by atoms with Crippen LogP contribution in [-0.2, 0) is 10.1 Å². The largest absolute Gasteiger partial charge is 0.488 e. The normalized spacial score (nSPS) is 12.9. The molecule has 1 atom stereocenters. The van der Waals surface area contributed by atoms with Crippen LogP contribution in [0.1, 0.15) is 19.4 Å². The lowest BCUT2D eigenvalue weighted by atomic mass is 9.94. The van der Waals surface area contributed by atoms with Crippen LogP contribution in [0.4, 0.5) is 11.4 Å². The first kappa shape index (κ1) is 24.6. The molecule has 0 radical (unpaired) electrons. The van der Waals surface area contributed by atoms with Crippen molar-refractivity contribution in [2.45, 2.75) is 25.5 Å². The highest BCUT2D eigenvalue weighted by molar-refractivity contribution is 7.51. The van der Waals surface area contributed by atoms with Crippen LogP contribution >= 0.6 is 7.60 Å². The summed E-state index contributed by atoms with van der Waals surface area (Å²) >= 11 is 0. The van der Waals surface area contributed by atoms with Crippen molar-refractivity contribution in [2.24, 2.45) is 0 Å². The third kappa shape index (κ3) is 7.50. The molecule has 0 amide bonds. The van der Waals surface area contributed by atoms with Crippen LogP contribution in [0, 0.1) is 10.1 Å². The van der Waals surface area contributed by atoms with E-state index in [9.17, 15) is 19.8 Å². The zero-order chi connectivity index (χ0) is 23.2. The lowest BCUT2D eigenvalue weighted by Gasteiger charge is -2.28. The summed E-state index contributed by atoms with van der Waals surface area (Å²) in [7, 11) is -4.25. The SMILES string of the molecule is CC(C)(NCC(O)COc1cccc([N+](=O)[O-])c1N)c1ccc(OCP(=O)(O)O)cc1. The molecule has 0 aliphatic carbocycles. The van der Waals surface area contributed by atoms with Crippen LogP contribution in [0.15, 0.2) is 42.5 Å². The van der Waals surface area contributed by atoms with Gasteiger partial charge in [0.15, 0.2) is 12.0 Å². The summed E-state index contributed by atoms with van der Waals surface area (Å²) in [6.07, 6.45) is -1.61. The predicted octanol–water partition coefficient (Wildman–Crippen LogP) is 1.96. The fraction of sp³-hybridized carbons (Fsp3) is 0.368. The molecule has 0 spiro atoms. The number of rotatable bonds is 11. The van der Waals surface area contributed by atoms with Gasteiger partial charge in [-0.2, -0.15) is 0 Å². The van der Waals surface area contributed by atoms with Crippen LogP contribution in [-0.4, -0.2) is 45.4 Å². The summed E-state index contributed by atoms with van der Waals surface area (Å²) in [6.45, 7) is 3.83. The summed E-state index contributed by atoms with van der Waals surface area (Å²) in [4.78, 5) is 28.0. The van der Waals surface area contributed by atoms with Crippen molar-refractivity contribution in [3.05, 3.63) is 58.1 Å². The van der Waals surface area contributed by atoms with Crippen LogP contribution in [0.25, 0.3) is 0 Å². The van der Waals surface area contributed by atoms with Crippen molar-refractivity contribution >= 4 is 19.0 Å². The van der Waals surface area contributed by atoms with E-state index in [0.29, 0.717) is 5.75 Å². The van der Waals surface area contributed by atoms with Gasteiger partial charge in [-0.25, -0.2) is 0 Å². The Balaban J connectivity index is 1.89. The molecule has 31 heavy (non-hydrogen) atoms. The predicted molar refractivity (Wildman–Crippen MR) is 114 cm³/mol. The molecular weight excluding hydrogens is 429 g/mol. The maximum atomic E-state index is 10.9. The number of nitrogens with zero attached hydrogens (tertiary/aromatic N) is 1. The molecular formula is C19H26N3O8P. The van der Waals surface area contributed by atoms with E-state index in [1.807, 2.05) is 13.8 Å². The van der Waals surface area contributed by atoms with Gasteiger partial charge in [-0.1, -0.05) is 18.2 Å². The summed E-state index contributed by atoms with van der Waals surface area (Å²) in [6, 6.07) is 10.9. The second-order valence-electron chi connectivity index (χ2n) is 7.38. The number of hydrogen-bond acceptors (Lipinski definition) is 8. The molecule has 1 unspecified atom stereocenters. The molecule has 0 aliphatic rings. The van der Waals surface area contributed by atoms with Gasteiger partial charge in [-0.3, -0.25) is 14.7 Å². The molecule has 12 heteroatoms. The molecule has 6 N–H and O–H groups in total. The fourth-order valence-electron chi connectivity index (χ4n) is 2.66. The summed E-state index contributed by atoms with van der Waals surface area (Å²) in [5, 5.41) is 24.4. The number of nitrogen functional groups attached to an aromatic ring is 1. The second kappa shape index (κ2) is 10.1. The van der Waals surface area contributed by atoms with Crippen LogP contribution in [0.3, 0.4) is 0 Å². The van der Waals surface area contributed by atoms with Gasteiger partial charge in [-0.05, 0) is 37.6 Å². The lowest BCUT2D eigenvalue weighted by Crippen LogP contribution is -2.42. The Kier molecular flexibility index (Phi) is 7.99. The Labute approximate surface area is 179 Å². The maximum Gasteiger partial charge on any atom is 0.362 e. The molecule has 11 nitrogen and oxygen atoms in total. The minimum Gasteiger partial charge on any atom is -0.488 e. The summed E-state index contributed by atoms with van der Waals surface area (Å²) < 4.78 is 21.4. The van der Waals surface area contributed by atoms with E-state index in [-0.39, 0.29) is 30.3 Å². The number of aliphatic hydroxyl groups is 1. The van der Waals surface area contributed by atoms with E-state index in [4.69, 9.17) is 25.0 Å². The highest BCUT2D eigenvalue weighted by Crippen LogP contribution is 2.35. The van der Waals surface area contributed by atoms with E-state index in [2.05, 4.69) is 5.32 Å². The number of aliphatic hydroxyl groups excluding tert-OH is 1. The Morgan fingerprint density at radius 2 is 1.84 bits per heavy atom. The van der Waals surface area contributed by atoms with Crippen molar-refractivity contribution in [3.8, 4) is 11.5 Å². The number of nitro groups is 1. The van der Waals surface area contributed by atoms with Crippen LogP contribution in [0.2, 0.25) is 0 Å². The number of para-hydroxylation sites is 1. The molecule has 2 aromatic carbocycles. The molecule has 170 valence electrons. The number of hydrogen-bond donors (Lipinski definition) is 5. The van der Waals surface area contributed by atoms with E-state index < -0.39 is 30.5 Å². The topological polar surface area (TPSA) is 177 Å². The van der Waals surface area contributed by atoms with Crippen molar-refractivity contribution in [2.75, 3.05) is 25.2 Å². The molecule has 0 saturated heterocycles. The Morgan fingerprint density at radius 3 is 2.42 bits per heavy atom. The average Bonchev–Trinajstić information content (AvgIpc) is 2.69. The standard InChI is InChI=1S/C19H26N3O8P/c1-19(2,13-6-8-15(9-7-13)30-12-31(26,27)28)21-10-14(23)11-29-17-5-3-4-16(18(17)20)22(24)25/h3-9,14,21,23H,10-12,20H2,1-2H3,(H2,26,27,28). The van der Waals surface area contributed by atoms with Crippen molar-refractivity contribution in [1.82, 2.24) is 5.32 Å². The number of nitrogens with one attached hydrogen (secondary N) is 1. The number of ether oxygens (including phenoxy) is 2. The molecule has 0 aliphatic heterocycles. The Hall–Kier alpha value is -2.69. The van der Waals surface area contributed by atoms with E-state index in [1.54, 1.807) is 24.3 Å². The zero-order valence-corrected chi connectivity index (χ0v) is 18.0. The van der Waals surface area contributed by atoms with Gasteiger partial charge in [0.05, 0.1) is 4.92 Å². The second-order valence-corrected chi connectivity index (χ2v) is 8.97. The maximum absolute atomic E-state index is 10.9. The van der Waals surface area contributed by atoms with Gasteiger partial charge < -0.3 is 35.4 Å². The number of nitro benzene ring substituents is 1. The van der Waals surface area contributed by atoms with E-state index in [0.717, 1.165) is 5.56 Å². The smallest absolute Gasteiger partial charge is 0.362 e. The first-order chi connectivity index (χ1) is 14.4. The molecule has 2 rings (SSSR count). The minimum atomic E-state index is -4.25. The number of nitrogens with two attached hydrogens (primary N) is 1. The molecule has 0 bridgehead atoms. The monoisotopic (exact) mass is 455 g/mol. The summed E-state index contributed by atoms with van der Waals surface area (Å²) in [5.41, 5.74) is 5.67. The van der Waals surface area contributed by atoms with Gasteiger partial charge in [0.25, 0.3) is 5.69 Å². The third-order valence-corrected chi connectivity index (χ3v) is 4.89. The Bertz CT molecular complexity index is 946.